The molecule has 0 spiro atoms. The van der Waals surface area contributed by atoms with Gasteiger partial charge in [0.2, 0.25) is 6.29 Å². The van der Waals surface area contributed by atoms with Gasteiger partial charge in [0.1, 0.15) is 0 Å². The highest BCUT2D eigenvalue weighted by Gasteiger charge is 2.50. The Balaban J connectivity index is 2.83. The molecule has 1 aliphatic heterocycles. The van der Waals surface area contributed by atoms with Crippen LogP contribution >= 0.6 is 0 Å². The average molecular weight is 314 g/mol. The molecule has 1 rings (SSSR count). The number of rotatable bonds is 6. The first kappa shape index (κ1) is 19.4. The zero-order chi connectivity index (χ0) is 17.0. The van der Waals surface area contributed by atoms with E-state index < -0.39 is 6.29 Å². The van der Waals surface area contributed by atoms with Gasteiger partial charge >= 0.3 is 5.97 Å². The summed E-state index contributed by atoms with van der Waals surface area (Å²) in [5.74, 6) is -0.308. The standard InChI is InChI=1S/C18H34O4/c1-8-9-10-11-12-14-18(6,7)16(20-13(2)19)22-15(21-14)17(3,4)5/h14-16H,8-12H2,1-7H3/t14-,15-,16-/m0/s1. The van der Waals surface area contributed by atoms with Crippen molar-refractivity contribution in [3.8, 4) is 0 Å². The van der Waals surface area contributed by atoms with E-state index >= 15 is 0 Å². The molecular weight excluding hydrogens is 280 g/mol. The second-order valence-corrected chi connectivity index (χ2v) is 8.07. The number of carbonyl (C=O) groups is 1. The highest BCUT2D eigenvalue weighted by Crippen LogP contribution is 2.43. The maximum atomic E-state index is 11.4. The quantitative estimate of drug-likeness (QED) is 0.528. The molecule has 1 fully saturated rings. The van der Waals surface area contributed by atoms with E-state index in [1.807, 2.05) is 0 Å². The number of unbranched alkanes of at least 4 members (excludes halogenated alkanes) is 3. The van der Waals surface area contributed by atoms with Crippen molar-refractivity contribution in [3.05, 3.63) is 0 Å². The molecule has 0 bridgehead atoms. The van der Waals surface area contributed by atoms with Gasteiger partial charge in [-0.3, -0.25) is 4.79 Å². The molecule has 0 saturated carbocycles. The molecule has 0 unspecified atom stereocenters. The van der Waals surface area contributed by atoms with Crippen LogP contribution in [0.2, 0.25) is 0 Å². The van der Waals surface area contributed by atoms with Crippen molar-refractivity contribution < 1.29 is 19.0 Å². The Bertz CT molecular complexity index is 357. The highest BCUT2D eigenvalue weighted by molar-refractivity contribution is 5.66. The monoisotopic (exact) mass is 314 g/mol. The number of carbonyl (C=O) groups excluding carboxylic acids is 1. The van der Waals surface area contributed by atoms with Gasteiger partial charge in [-0.05, 0) is 6.42 Å². The van der Waals surface area contributed by atoms with Crippen LogP contribution in [0.25, 0.3) is 0 Å². The van der Waals surface area contributed by atoms with Crippen LogP contribution in [0.5, 0.6) is 0 Å². The van der Waals surface area contributed by atoms with E-state index in [0.29, 0.717) is 0 Å². The molecule has 1 aliphatic rings. The Kier molecular flexibility index (Phi) is 6.87. The lowest BCUT2D eigenvalue weighted by Crippen LogP contribution is -2.56. The van der Waals surface area contributed by atoms with Gasteiger partial charge in [-0.15, -0.1) is 0 Å². The van der Waals surface area contributed by atoms with Gasteiger partial charge in [0.15, 0.2) is 6.29 Å². The van der Waals surface area contributed by atoms with Crippen LogP contribution < -0.4 is 0 Å². The van der Waals surface area contributed by atoms with E-state index in [4.69, 9.17) is 14.2 Å². The predicted octanol–water partition coefficient (Wildman–Crippen LogP) is 4.66. The molecule has 1 heterocycles. The van der Waals surface area contributed by atoms with E-state index in [1.54, 1.807) is 0 Å². The molecule has 0 amide bonds. The topological polar surface area (TPSA) is 44.8 Å². The Morgan fingerprint density at radius 1 is 1.14 bits per heavy atom. The Hall–Kier alpha value is -0.610. The molecular formula is C18H34O4. The van der Waals surface area contributed by atoms with Crippen molar-refractivity contribution in [2.24, 2.45) is 10.8 Å². The minimum atomic E-state index is -0.556. The van der Waals surface area contributed by atoms with Crippen LogP contribution in [-0.4, -0.2) is 24.7 Å². The van der Waals surface area contributed by atoms with Crippen molar-refractivity contribution in [1.82, 2.24) is 0 Å². The second kappa shape index (κ2) is 7.78. The fourth-order valence-electron chi connectivity index (χ4n) is 2.73. The summed E-state index contributed by atoms with van der Waals surface area (Å²) < 4.78 is 17.7. The first-order valence-corrected chi connectivity index (χ1v) is 8.57. The zero-order valence-electron chi connectivity index (χ0n) is 15.4. The smallest absolute Gasteiger partial charge is 0.304 e. The summed E-state index contributed by atoms with van der Waals surface area (Å²) in [5.41, 5.74) is -0.504. The van der Waals surface area contributed by atoms with E-state index in [1.165, 1.54) is 26.2 Å². The highest BCUT2D eigenvalue weighted by atomic mass is 16.8. The summed E-state index contributed by atoms with van der Waals surface area (Å²) in [6, 6.07) is 0. The summed E-state index contributed by atoms with van der Waals surface area (Å²) >= 11 is 0. The third-order valence-corrected chi connectivity index (χ3v) is 4.27. The largest absolute Gasteiger partial charge is 0.435 e. The van der Waals surface area contributed by atoms with Crippen LogP contribution in [0.15, 0.2) is 0 Å². The molecule has 0 aliphatic carbocycles. The van der Waals surface area contributed by atoms with Crippen molar-refractivity contribution in [1.29, 1.82) is 0 Å². The van der Waals surface area contributed by atoms with Gasteiger partial charge in [-0.2, -0.15) is 0 Å². The Morgan fingerprint density at radius 3 is 2.27 bits per heavy atom. The van der Waals surface area contributed by atoms with Gasteiger partial charge in [-0.1, -0.05) is 67.2 Å². The maximum absolute atomic E-state index is 11.4. The van der Waals surface area contributed by atoms with Crippen LogP contribution in [-0.2, 0) is 19.0 Å². The molecule has 130 valence electrons. The average Bonchev–Trinajstić information content (AvgIpc) is 2.36. The summed E-state index contributed by atoms with van der Waals surface area (Å²) in [7, 11) is 0. The van der Waals surface area contributed by atoms with Crippen molar-refractivity contribution in [2.45, 2.75) is 99.3 Å². The molecule has 0 aromatic carbocycles. The van der Waals surface area contributed by atoms with Crippen molar-refractivity contribution in [3.63, 3.8) is 0 Å². The van der Waals surface area contributed by atoms with Gasteiger partial charge in [0, 0.05) is 12.3 Å². The molecule has 4 nitrogen and oxygen atoms in total. The first-order valence-electron chi connectivity index (χ1n) is 8.57. The van der Waals surface area contributed by atoms with Gasteiger partial charge < -0.3 is 14.2 Å². The molecule has 0 aromatic heterocycles. The zero-order valence-corrected chi connectivity index (χ0v) is 15.4. The van der Waals surface area contributed by atoms with Crippen molar-refractivity contribution >= 4 is 5.97 Å². The summed E-state index contributed by atoms with van der Waals surface area (Å²) in [5, 5.41) is 0. The molecule has 0 aromatic rings. The molecule has 22 heavy (non-hydrogen) atoms. The van der Waals surface area contributed by atoms with Gasteiger partial charge in [-0.25, -0.2) is 0 Å². The predicted molar refractivity (Wildman–Crippen MR) is 87.3 cm³/mol. The van der Waals surface area contributed by atoms with E-state index in [9.17, 15) is 4.79 Å². The SMILES string of the molecule is CCCCCC[C@@H]1O[C@H](C(C)(C)C)O[C@H](OC(C)=O)C1(C)C. The van der Waals surface area contributed by atoms with Crippen LogP contribution in [0, 0.1) is 10.8 Å². The minimum absolute atomic E-state index is 0.0340. The van der Waals surface area contributed by atoms with E-state index in [2.05, 4.69) is 41.5 Å². The number of esters is 1. The fraction of sp³-hybridized carbons (Fsp3) is 0.944. The third kappa shape index (κ3) is 5.24. The van der Waals surface area contributed by atoms with E-state index in [0.717, 1.165) is 12.8 Å². The molecule has 3 atom stereocenters. The van der Waals surface area contributed by atoms with Crippen LogP contribution in [0.1, 0.15) is 80.6 Å². The Morgan fingerprint density at radius 2 is 1.77 bits per heavy atom. The minimum Gasteiger partial charge on any atom is -0.435 e. The van der Waals surface area contributed by atoms with Gasteiger partial charge in [0.05, 0.1) is 11.5 Å². The Labute approximate surface area is 135 Å². The van der Waals surface area contributed by atoms with Crippen LogP contribution in [0.4, 0.5) is 0 Å². The summed E-state index contributed by atoms with van der Waals surface area (Å²) in [4.78, 5) is 11.4. The number of ether oxygens (including phenoxy) is 3. The molecule has 0 radical (unpaired) electrons. The molecule has 4 heteroatoms. The van der Waals surface area contributed by atoms with Crippen molar-refractivity contribution in [2.75, 3.05) is 0 Å². The maximum Gasteiger partial charge on any atom is 0.304 e. The number of hydrogen-bond acceptors (Lipinski definition) is 4. The van der Waals surface area contributed by atoms with E-state index in [-0.39, 0.29) is 29.2 Å². The fourth-order valence-corrected chi connectivity index (χ4v) is 2.73. The number of hydrogen-bond donors (Lipinski definition) is 0. The molecule has 0 N–H and O–H groups in total. The second-order valence-electron chi connectivity index (χ2n) is 8.07. The first-order chi connectivity index (χ1) is 10.1. The summed E-state index contributed by atoms with van der Waals surface area (Å²) in [6.07, 6.45) is 4.91. The van der Waals surface area contributed by atoms with Gasteiger partial charge in [0.25, 0.3) is 0 Å². The normalized spacial score (nSPS) is 28.4. The molecule has 1 saturated heterocycles. The third-order valence-electron chi connectivity index (χ3n) is 4.27. The summed E-state index contributed by atoms with van der Waals surface area (Å²) in [6.45, 7) is 14.0. The lowest BCUT2D eigenvalue weighted by Gasteiger charge is -2.49. The lowest BCUT2D eigenvalue weighted by molar-refractivity contribution is -0.369. The van der Waals surface area contributed by atoms with Crippen LogP contribution in [0.3, 0.4) is 0 Å². The lowest BCUT2D eigenvalue weighted by atomic mass is 9.80.